The summed E-state index contributed by atoms with van der Waals surface area (Å²) in [6.45, 7) is 2.08. The molecule has 18 heavy (non-hydrogen) atoms. The quantitative estimate of drug-likeness (QED) is 0.468. The number of nitrogens with zero attached hydrogens (tertiary/aromatic N) is 2. The van der Waals surface area contributed by atoms with Crippen molar-refractivity contribution in [3.05, 3.63) is 17.5 Å². The third kappa shape index (κ3) is 4.13. The Morgan fingerprint density at radius 1 is 1.44 bits per heavy atom. The van der Waals surface area contributed by atoms with Crippen LogP contribution in [0.5, 0.6) is 0 Å². The van der Waals surface area contributed by atoms with Crippen LogP contribution < -0.4 is 16.4 Å². The van der Waals surface area contributed by atoms with E-state index in [-0.39, 0.29) is 18.1 Å². The Morgan fingerprint density at radius 2 is 2.06 bits per heavy atom. The highest BCUT2D eigenvalue weighted by molar-refractivity contribution is 7.80. The van der Waals surface area contributed by atoms with Gasteiger partial charge in [0.15, 0.2) is 0 Å². The summed E-state index contributed by atoms with van der Waals surface area (Å²) in [6.07, 6.45) is 1.78. The maximum Gasteiger partial charge on any atom is 0.309 e. The van der Waals surface area contributed by atoms with Crippen molar-refractivity contribution in [2.75, 3.05) is 6.54 Å². The molecular formula is C10H15N5O2S. The minimum atomic E-state index is -0.760. The van der Waals surface area contributed by atoms with Crippen molar-refractivity contribution in [3.8, 4) is 0 Å². The molecule has 0 spiro atoms. The molecule has 0 aliphatic carbocycles. The molecule has 4 N–H and O–H groups in total. The number of nitrogens with one attached hydrogen (secondary N) is 2. The lowest BCUT2D eigenvalue weighted by atomic mass is 10.2. The highest BCUT2D eigenvalue weighted by atomic mass is 32.1. The SMILES string of the molecule is Cc1nn(C)cc1CNC(=O)C(=O)NCC(N)=S. The molecule has 0 aromatic carbocycles. The predicted molar refractivity (Wildman–Crippen MR) is 69.6 cm³/mol. The van der Waals surface area contributed by atoms with Crippen LogP contribution >= 0.6 is 12.2 Å². The molecule has 1 aromatic heterocycles. The van der Waals surface area contributed by atoms with Crippen LogP contribution in [0, 0.1) is 6.92 Å². The van der Waals surface area contributed by atoms with Gasteiger partial charge in [0.05, 0.1) is 17.2 Å². The number of nitrogens with two attached hydrogens (primary N) is 1. The van der Waals surface area contributed by atoms with Gasteiger partial charge in [0.2, 0.25) is 0 Å². The Bertz CT molecular complexity index is 483. The van der Waals surface area contributed by atoms with E-state index in [2.05, 4.69) is 28.0 Å². The number of aryl methyl sites for hydroxylation is 2. The molecule has 0 unspecified atom stereocenters. The predicted octanol–water partition coefficient (Wildman–Crippen LogP) is -1.25. The largest absolute Gasteiger partial charge is 0.392 e. The van der Waals surface area contributed by atoms with Crippen molar-refractivity contribution in [2.24, 2.45) is 12.8 Å². The van der Waals surface area contributed by atoms with Crippen LogP contribution in [-0.2, 0) is 23.2 Å². The zero-order valence-electron chi connectivity index (χ0n) is 10.2. The summed E-state index contributed by atoms with van der Waals surface area (Å²) in [5.74, 6) is -1.49. The van der Waals surface area contributed by atoms with Gasteiger partial charge in [-0.05, 0) is 6.92 Å². The summed E-state index contributed by atoms with van der Waals surface area (Å²) in [4.78, 5) is 22.8. The number of amides is 2. The minimum absolute atomic E-state index is 0.00745. The molecule has 98 valence electrons. The maximum atomic E-state index is 11.4. The summed E-state index contributed by atoms with van der Waals surface area (Å²) in [7, 11) is 1.78. The van der Waals surface area contributed by atoms with Gasteiger partial charge in [-0.15, -0.1) is 0 Å². The van der Waals surface area contributed by atoms with Crippen LogP contribution in [0.1, 0.15) is 11.3 Å². The van der Waals surface area contributed by atoms with E-state index in [1.54, 1.807) is 17.9 Å². The van der Waals surface area contributed by atoms with Gasteiger partial charge in [-0.25, -0.2) is 0 Å². The zero-order chi connectivity index (χ0) is 13.7. The monoisotopic (exact) mass is 269 g/mol. The topological polar surface area (TPSA) is 102 Å². The summed E-state index contributed by atoms with van der Waals surface area (Å²) in [5.41, 5.74) is 6.86. The van der Waals surface area contributed by atoms with Gasteiger partial charge in [0, 0.05) is 25.4 Å². The number of rotatable bonds is 4. The fourth-order valence-electron chi connectivity index (χ4n) is 1.33. The molecule has 8 heteroatoms. The van der Waals surface area contributed by atoms with Crippen molar-refractivity contribution >= 4 is 29.0 Å². The Balaban J connectivity index is 2.43. The molecule has 0 fully saturated rings. The lowest BCUT2D eigenvalue weighted by molar-refractivity contribution is -0.139. The van der Waals surface area contributed by atoms with Gasteiger partial charge in [-0.2, -0.15) is 5.10 Å². The van der Waals surface area contributed by atoms with Crippen LogP contribution in [0.4, 0.5) is 0 Å². The van der Waals surface area contributed by atoms with Gasteiger partial charge >= 0.3 is 11.8 Å². The fourth-order valence-corrected chi connectivity index (χ4v) is 1.40. The average molecular weight is 269 g/mol. The maximum absolute atomic E-state index is 11.4. The van der Waals surface area contributed by atoms with Crippen molar-refractivity contribution in [1.82, 2.24) is 20.4 Å². The van der Waals surface area contributed by atoms with Crippen molar-refractivity contribution in [1.29, 1.82) is 0 Å². The Morgan fingerprint density at radius 3 is 2.56 bits per heavy atom. The summed E-state index contributed by atoms with van der Waals surface area (Å²) in [5, 5.41) is 8.91. The smallest absolute Gasteiger partial charge is 0.309 e. The summed E-state index contributed by atoms with van der Waals surface area (Å²) < 4.78 is 1.64. The van der Waals surface area contributed by atoms with Crippen molar-refractivity contribution in [2.45, 2.75) is 13.5 Å². The average Bonchev–Trinajstić information content (AvgIpc) is 2.61. The molecular weight excluding hydrogens is 254 g/mol. The molecule has 1 rings (SSSR count). The molecule has 0 saturated carbocycles. The number of hydrogen-bond acceptors (Lipinski definition) is 4. The lowest BCUT2D eigenvalue weighted by Crippen LogP contribution is -2.42. The number of thiocarbonyl (C=S) groups is 1. The Hall–Kier alpha value is -1.96. The van der Waals surface area contributed by atoms with Gasteiger partial charge in [0.1, 0.15) is 0 Å². The Labute approximate surface area is 110 Å². The van der Waals surface area contributed by atoms with E-state index >= 15 is 0 Å². The molecule has 0 atom stereocenters. The standard InChI is InChI=1S/C10H15N5O2S/c1-6-7(5-15(2)14-6)3-12-9(16)10(17)13-4-8(11)18/h5H,3-4H2,1-2H3,(H2,11,18)(H,12,16)(H,13,17). The molecule has 0 radical (unpaired) electrons. The van der Waals surface area contributed by atoms with Crippen LogP contribution in [0.2, 0.25) is 0 Å². The molecule has 0 bridgehead atoms. The first kappa shape index (κ1) is 14.1. The van der Waals surface area contributed by atoms with E-state index < -0.39 is 11.8 Å². The second kappa shape index (κ2) is 6.10. The fraction of sp³-hybridized carbons (Fsp3) is 0.400. The van der Waals surface area contributed by atoms with Crippen LogP contribution in [-0.4, -0.2) is 33.1 Å². The second-order valence-electron chi connectivity index (χ2n) is 3.75. The molecule has 1 aromatic rings. The molecule has 0 aliphatic heterocycles. The summed E-state index contributed by atoms with van der Waals surface area (Å²) in [6, 6.07) is 0. The first-order valence-corrected chi connectivity index (χ1v) is 5.64. The van der Waals surface area contributed by atoms with Gasteiger partial charge in [-0.3, -0.25) is 14.3 Å². The van der Waals surface area contributed by atoms with Gasteiger partial charge in [-0.1, -0.05) is 12.2 Å². The third-order valence-electron chi connectivity index (χ3n) is 2.18. The van der Waals surface area contributed by atoms with E-state index in [0.29, 0.717) is 0 Å². The van der Waals surface area contributed by atoms with Crippen LogP contribution in [0.15, 0.2) is 6.20 Å². The van der Waals surface area contributed by atoms with Crippen LogP contribution in [0.25, 0.3) is 0 Å². The van der Waals surface area contributed by atoms with Crippen LogP contribution in [0.3, 0.4) is 0 Å². The van der Waals surface area contributed by atoms with E-state index in [0.717, 1.165) is 11.3 Å². The first-order valence-electron chi connectivity index (χ1n) is 5.23. The molecule has 0 saturated heterocycles. The summed E-state index contributed by atoms with van der Waals surface area (Å²) >= 11 is 4.58. The number of aromatic nitrogens is 2. The van der Waals surface area contributed by atoms with E-state index in [9.17, 15) is 9.59 Å². The van der Waals surface area contributed by atoms with E-state index in [1.165, 1.54) is 0 Å². The van der Waals surface area contributed by atoms with E-state index in [4.69, 9.17) is 5.73 Å². The molecule has 7 nitrogen and oxygen atoms in total. The second-order valence-corrected chi connectivity index (χ2v) is 4.27. The minimum Gasteiger partial charge on any atom is -0.392 e. The lowest BCUT2D eigenvalue weighted by Gasteiger charge is -2.05. The highest BCUT2D eigenvalue weighted by Gasteiger charge is 2.13. The molecule has 1 heterocycles. The highest BCUT2D eigenvalue weighted by Crippen LogP contribution is 2.03. The normalized spacial score (nSPS) is 9.89. The number of hydrogen-bond donors (Lipinski definition) is 3. The molecule has 0 aliphatic rings. The van der Waals surface area contributed by atoms with Crippen molar-refractivity contribution in [3.63, 3.8) is 0 Å². The number of carbonyl (C=O) groups is 2. The van der Waals surface area contributed by atoms with E-state index in [1.807, 2.05) is 6.92 Å². The number of carbonyl (C=O) groups excluding carboxylic acids is 2. The zero-order valence-corrected chi connectivity index (χ0v) is 11.0. The molecule has 2 amide bonds. The van der Waals surface area contributed by atoms with Crippen molar-refractivity contribution < 1.29 is 9.59 Å². The first-order chi connectivity index (χ1) is 8.40. The third-order valence-corrected chi connectivity index (χ3v) is 2.33. The Kier molecular flexibility index (Phi) is 4.78. The van der Waals surface area contributed by atoms with Gasteiger partial charge < -0.3 is 16.4 Å². The van der Waals surface area contributed by atoms with Gasteiger partial charge in [0.25, 0.3) is 0 Å².